The van der Waals surface area contributed by atoms with Crippen LogP contribution in [0, 0.1) is 0 Å². The number of aromatic nitrogens is 1. The van der Waals surface area contributed by atoms with E-state index < -0.39 is 12.0 Å². The second kappa shape index (κ2) is 7.26. The second-order valence-corrected chi connectivity index (χ2v) is 3.61. The molecule has 0 unspecified atom stereocenters. The normalized spacial score (nSPS) is 11.4. The highest BCUT2D eigenvalue weighted by Crippen LogP contribution is 2.06. The first-order valence-electron chi connectivity index (χ1n) is 5.74. The van der Waals surface area contributed by atoms with Crippen LogP contribution in [-0.4, -0.2) is 30.1 Å². The molecule has 6 nitrogen and oxygen atoms in total. The summed E-state index contributed by atoms with van der Waals surface area (Å²) in [4.78, 5) is 26.6. The highest BCUT2D eigenvalue weighted by molar-refractivity contribution is 5.80. The van der Waals surface area contributed by atoms with Crippen molar-refractivity contribution in [3.05, 3.63) is 30.1 Å². The van der Waals surface area contributed by atoms with Crippen LogP contribution >= 0.6 is 0 Å². The van der Waals surface area contributed by atoms with Gasteiger partial charge in [-0.1, -0.05) is 6.07 Å². The number of nitrogens with one attached hydrogen (secondary N) is 2. The fourth-order valence-corrected chi connectivity index (χ4v) is 1.32. The SMILES string of the molecule is CCOC(=O)CNC(=O)N[C@H](C)c1ccccn1. The van der Waals surface area contributed by atoms with E-state index in [1.165, 1.54) is 0 Å². The summed E-state index contributed by atoms with van der Waals surface area (Å²) >= 11 is 0. The van der Waals surface area contributed by atoms with E-state index in [0.29, 0.717) is 6.61 Å². The summed E-state index contributed by atoms with van der Waals surface area (Å²) in [5.41, 5.74) is 0.754. The van der Waals surface area contributed by atoms with Gasteiger partial charge in [-0.05, 0) is 26.0 Å². The van der Waals surface area contributed by atoms with E-state index in [9.17, 15) is 9.59 Å². The topological polar surface area (TPSA) is 80.3 Å². The number of carbonyl (C=O) groups is 2. The maximum absolute atomic E-state index is 11.5. The molecule has 0 fully saturated rings. The number of pyridine rings is 1. The molecule has 1 aromatic rings. The molecule has 98 valence electrons. The summed E-state index contributed by atoms with van der Waals surface area (Å²) in [6.07, 6.45) is 1.66. The lowest BCUT2D eigenvalue weighted by Gasteiger charge is -2.13. The Bertz CT molecular complexity index is 395. The van der Waals surface area contributed by atoms with E-state index in [2.05, 4.69) is 20.4 Å². The molecule has 0 saturated heterocycles. The third-order valence-electron chi connectivity index (χ3n) is 2.18. The fourth-order valence-electron chi connectivity index (χ4n) is 1.32. The first-order chi connectivity index (χ1) is 8.63. The number of carbonyl (C=O) groups excluding carboxylic acids is 2. The molecule has 18 heavy (non-hydrogen) atoms. The quantitative estimate of drug-likeness (QED) is 0.765. The van der Waals surface area contributed by atoms with Crippen LogP contribution in [-0.2, 0) is 9.53 Å². The van der Waals surface area contributed by atoms with Gasteiger partial charge in [-0.3, -0.25) is 9.78 Å². The lowest BCUT2D eigenvalue weighted by molar-refractivity contribution is -0.141. The number of rotatable bonds is 5. The molecule has 1 rings (SSSR count). The van der Waals surface area contributed by atoms with Gasteiger partial charge in [0.15, 0.2) is 0 Å². The molecule has 0 spiro atoms. The Morgan fingerprint density at radius 2 is 2.22 bits per heavy atom. The number of amides is 2. The van der Waals surface area contributed by atoms with Gasteiger partial charge < -0.3 is 15.4 Å². The summed E-state index contributed by atoms with van der Waals surface area (Å²) < 4.78 is 4.69. The molecule has 0 radical (unpaired) electrons. The van der Waals surface area contributed by atoms with Crippen LogP contribution < -0.4 is 10.6 Å². The average molecular weight is 251 g/mol. The largest absolute Gasteiger partial charge is 0.465 e. The molecular formula is C12H17N3O3. The van der Waals surface area contributed by atoms with Gasteiger partial charge in [-0.25, -0.2) is 4.79 Å². The van der Waals surface area contributed by atoms with Crippen LogP contribution in [0.5, 0.6) is 0 Å². The standard InChI is InChI=1S/C12H17N3O3/c1-3-18-11(16)8-14-12(17)15-9(2)10-6-4-5-7-13-10/h4-7,9H,3,8H2,1-2H3,(H2,14,15,17)/t9-/m1/s1. The maximum Gasteiger partial charge on any atom is 0.325 e. The van der Waals surface area contributed by atoms with Crippen LogP contribution in [0.15, 0.2) is 24.4 Å². The molecule has 6 heteroatoms. The Kier molecular flexibility index (Phi) is 5.63. The number of urea groups is 1. The van der Waals surface area contributed by atoms with Gasteiger partial charge in [0.05, 0.1) is 18.3 Å². The van der Waals surface area contributed by atoms with E-state index in [1.54, 1.807) is 19.2 Å². The van der Waals surface area contributed by atoms with E-state index >= 15 is 0 Å². The van der Waals surface area contributed by atoms with Crippen molar-refractivity contribution in [3.63, 3.8) is 0 Å². The van der Waals surface area contributed by atoms with Gasteiger partial charge in [0.2, 0.25) is 0 Å². The molecule has 0 aliphatic heterocycles. The van der Waals surface area contributed by atoms with Crippen molar-refractivity contribution in [1.29, 1.82) is 0 Å². The van der Waals surface area contributed by atoms with Crippen molar-refractivity contribution in [2.75, 3.05) is 13.2 Å². The summed E-state index contributed by atoms with van der Waals surface area (Å²) in [5, 5.41) is 5.09. The minimum Gasteiger partial charge on any atom is -0.465 e. The number of ether oxygens (including phenoxy) is 1. The van der Waals surface area contributed by atoms with Gasteiger partial charge in [0.1, 0.15) is 6.54 Å². The zero-order valence-electron chi connectivity index (χ0n) is 10.5. The lowest BCUT2D eigenvalue weighted by atomic mass is 10.2. The van der Waals surface area contributed by atoms with E-state index in [1.807, 2.05) is 19.1 Å². The summed E-state index contributed by atoms with van der Waals surface area (Å²) in [6, 6.07) is 4.80. The second-order valence-electron chi connectivity index (χ2n) is 3.61. The van der Waals surface area contributed by atoms with E-state index in [-0.39, 0.29) is 12.6 Å². The third kappa shape index (κ3) is 4.82. The summed E-state index contributed by atoms with van der Waals surface area (Å²) in [5.74, 6) is -0.460. The molecule has 2 N–H and O–H groups in total. The average Bonchev–Trinajstić information content (AvgIpc) is 2.38. The van der Waals surface area contributed by atoms with Crippen molar-refractivity contribution in [3.8, 4) is 0 Å². The van der Waals surface area contributed by atoms with Gasteiger partial charge in [-0.15, -0.1) is 0 Å². The molecule has 0 aliphatic rings. The van der Waals surface area contributed by atoms with Crippen LogP contribution in [0.1, 0.15) is 25.6 Å². The summed E-state index contributed by atoms with van der Waals surface area (Å²) in [6.45, 7) is 3.68. The third-order valence-corrected chi connectivity index (χ3v) is 2.18. The zero-order valence-corrected chi connectivity index (χ0v) is 10.5. The number of esters is 1. The highest BCUT2D eigenvalue weighted by Gasteiger charge is 2.11. The molecule has 0 saturated carbocycles. The monoisotopic (exact) mass is 251 g/mol. The van der Waals surface area contributed by atoms with Crippen molar-refractivity contribution >= 4 is 12.0 Å². The Morgan fingerprint density at radius 3 is 2.83 bits per heavy atom. The smallest absolute Gasteiger partial charge is 0.325 e. The Hall–Kier alpha value is -2.11. The molecule has 0 aromatic carbocycles. The number of nitrogens with zero attached hydrogens (tertiary/aromatic N) is 1. The van der Waals surface area contributed by atoms with Crippen molar-refractivity contribution in [1.82, 2.24) is 15.6 Å². The van der Waals surface area contributed by atoms with Crippen molar-refractivity contribution < 1.29 is 14.3 Å². The Balaban J connectivity index is 2.34. The first kappa shape index (κ1) is 14.0. The van der Waals surface area contributed by atoms with Gasteiger partial charge in [0, 0.05) is 6.20 Å². The summed E-state index contributed by atoms with van der Waals surface area (Å²) in [7, 11) is 0. The van der Waals surface area contributed by atoms with Crippen molar-refractivity contribution in [2.24, 2.45) is 0 Å². The predicted molar refractivity (Wildman–Crippen MR) is 65.8 cm³/mol. The Labute approximate surface area is 106 Å². The highest BCUT2D eigenvalue weighted by atomic mass is 16.5. The van der Waals surface area contributed by atoms with Gasteiger partial charge >= 0.3 is 12.0 Å². The number of hydrogen-bond acceptors (Lipinski definition) is 4. The van der Waals surface area contributed by atoms with Gasteiger partial charge in [0.25, 0.3) is 0 Å². The van der Waals surface area contributed by atoms with Gasteiger partial charge in [-0.2, -0.15) is 0 Å². The van der Waals surface area contributed by atoms with Crippen LogP contribution in [0.3, 0.4) is 0 Å². The maximum atomic E-state index is 11.5. The lowest BCUT2D eigenvalue weighted by Crippen LogP contribution is -2.40. The van der Waals surface area contributed by atoms with E-state index in [4.69, 9.17) is 0 Å². The van der Waals surface area contributed by atoms with Crippen molar-refractivity contribution in [2.45, 2.75) is 19.9 Å². The molecule has 2 amide bonds. The minimum atomic E-state index is -0.460. The minimum absolute atomic E-state index is 0.144. The molecule has 1 aromatic heterocycles. The molecule has 0 bridgehead atoms. The molecular weight excluding hydrogens is 234 g/mol. The van der Waals surface area contributed by atoms with E-state index in [0.717, 1.165) is 5.69 Å². The number of hydrogen-bond donors (Lipinski definition) is 2. The first-order valence-corrected chi connectivity index (χ1v) is 5.74. The van der Waals surface area contributed by atoms with Crippen LogP contribution in [0.2, 0.25) is 0 Å². The fraction of sp³-hybridized carbons (Fsp3) is 0.417. The van der Waals surface area contributed by atoms with Crippen LogP contribution in [0.25, 0.3) is 0 Å². The molecule has 0 aliphatic carbocycles. The molecule has 1 atom stereocenters. The van der Waals surface area contributed by atoms with Crippen LogP contribution in [0.4, 0.5) is 4.79 Å². The predicted octanol–water partition coefficient (Wildman–Crippen LogP) is 1.00. The molecule has 1 heterocycles. The Morgan fingerprint density at radius 1 is 1.44 bits per heavy atom. The zero-order chi connectivity index (χ0) is 13.4.